The van der Waals surface area contributed by atoms with Crippen LogP contribution in [0.25, 0.3) is 11.0 Å². The summed E-state index contributed by atoms with van der Waals surface area (Å²) < 4.78 is 16.1. The number of alkyl halides is 1. The molecule has 1 aromatic carbocycles. The lowest BCUT2D eigenvalue weighted by molar-refractivity contribution is 0.495. The molecule has 2 heterocycles. The zero-order valence-corrected chi connectivity index (χ0v) is 12.2. The van der Waals surface area contributed by atoms with Crippen LogP contribution in [0.5, 0.6) is 0 Å². The summed E-state index contributed by atoms with van der Waals surface area (Å²) in [6.45, 7) is 0. The van der Waals surface area contributed by atoms with Gasteiger partial charge in [-0.2, -0.15) is 11.8 Å². The first-order valence-electron chi connectivity index (χ1n) is 6.60. The molecule has 1 unspecified atom stereocenters. The number of rotatable bonds is 3. The number of hydrogen-bond donors (Lipinski definition) is 0. The van der Waals surface area contributed by atoms with Crippen LogP contribution in [-0.2, 0) is 6.42 Å². The maximum Gasteiger partial charge on any atom is 0.151 e. The van der Waals surface area contributed by atoms with Crippen LogP contribution in [0.3, 0.4) is 0 Å². The Morgan fingerprint density at radius 1 is 1.47 bits per heavy atom. The van der Waals surface area contributed by atoms with Crippen molar-refractivity contribution in [1.29, 1.82) is 0 Å². The van der Waals surface area contributed by atoms with Crippen molar-refractivity contribution in [2.45, 2.75) is 25.3 Å². The van der Waals surface area contributed by atoms with E-state index in [4.69, 9.17) is 11.6 Å². The fraction of sp³-hybridized carbons (Fsp3) is 0.500. The fourth-order valence-electron chi connectivity index (χ4n) is 2.73. The number of aryl methyl sites for hydroxylation is 1. The standard InChI is InChI=1S/C14H16ClFN2S/c15-7-6-13-17-14-11(16)4-1-5-12(14)18(13)10-3-2-8-19-9-10/h1,4-5,10H,2-3,6-9H2. The lowest BCUT2D eigenvalue weighted by atomic mass is 10.1. The molecule has 0 N–H and O–H groups in total. The number of aromatic nitrogens is 2. The highest BCUT2D eigenvalue weighted by Crippen LogP contribution is 2.32. The lowest BCUT2D eigenvalue weighted by Crippen LogP contribution is -2.18. The Kier molecular flexibility index (Phi) is 3.99. The zero-order chi connectivity index (χ0) is 13.2. The number of hydrogen-bond acceptors (Lipinski definition) is 2. The molecule has 5 heteroatoms. The van der Waals surface area contributed by atoms with Crippen molar-refractivity contribution in [2.24, 2.45) is 0 Å². The van der Waals surface area contributed by atoms with E-state index in [0.29, 0.717) is 23.9 Å². The quantitative estimate of drug-likeness (QED) is 0.796. The minimum Gasteiger partial charge on any atom is -0.324 e. The van der Waals surface area contributed by atoms with Crippen molar-refractivity contribution in [3.63, 3.8) is 0 Å². The van der Waals surface area contributed by atoms with Crippen molar-refractivity contribution in [3.05, 3.63) is 29.8 Å². The summed E-state index contributed by atoms with van der Waals surface area (Å²) in [5.74, 6) is 3.50. The van der Waals surface area contributed by atoms with Gasteiger partial charge in [-0.3, -0.25) is 0 Å². The molecule has 0 aliphatic carbocycles. The summed E-state index contributed by atoms with van der Waals surface area (Å²) in [6, 6.07) is 5.61. The Morgan fingerprint density at radius 3 is 3.11 bits per heavy atom. The molecule has 102 valence electrons. The van der Waals surface area contributed by atoms with Crippen LogP contribution in [-0.4, -0.2) is 26.9 Å². The van der Waals surface area contributed by atoms with E-state index >= 15 is 0 Å². The predicted octanol–water partition coefficient (Wildman–Crippen LogP) is 4.02. The molecule has 0 bridgehead atoms. The molecule has 0 saturated carbocycles. The van der Waals surface area contributed by atoms with Gasteiger partial charge >= 0.3 is 0 Å². The van der Waals surface area contributed by atoms with Crippen molar-refractivity contribution in [2.75, 3.05) is 17.4 Å². The number of thioether (sulfide) groups is 1. The fourth-order valence-corrected chi connectivity index (χ4v) is 4.02. The van der Waals surface area contributed by atoms with E-state index in [1.165, 1.54) is 18.2 Å². The zero-order valence-electron chi connectivity index (χ0n) is 10.6. The number of fused-ring (bicyclic) bond motifs is 1. The summed E-state index contributed by atoms with van der Waals surface area (Å²) >= 11 is 7.83. The summed E-state index contributed by atoms with van der Waals surface area (Å²) in [5, 5.41) is 0. The van der Waals surface area contributed by atoms with E-state index in [1.54, 1.807) is 6.07 Å². The van der Waals surface area contributed by atoms with Crippen LogP contribution in [0, 0.1) is 5.82 Å². The van der Waals surface area contributed by atoms with Gasteiger partial charge in [0.05, 0.1) is 5.52 Å². The molecular formula is C14H16ClFN2S. The molecule has 19 heavy (non-hydrogen) atoms. The molecule has 1 atom stereocenters. The maximum atomic E-state index is 13.9. The molecular weight excluding hydrogens is 283 g/mol. The largest absolute Gasteiger partial charge is 0.324 e. The Balaban J connectivity index is 2.13. The third kappa shape index (κ3) is 2.48. The van der Waals surface area contributed by atoms with Crippen LogP contribution >= 0.6 is 23.4 Å². The van der Waals surface area contributed by atoms with E-state index in [0.717, 1.165) is 23.5 Å². The van der Waals surface area contributed by atoms with Crippen molar-refractivity contribution in [1.82, 2.24) is 9.55 Å². The van der Waals surface area contributed by atoms with Crippen LogP contribution in [0.1, 0.15) is 24.7 Å². The Bertz CT molecular complexity index is 578. The van der Waals surface area contributed by atoms with E-state index < -0.39 is 0 Å². The van der Waals surface area contributed by atoms with Gasteiger partial charge in [0.15, 0.2) is 5.82 Å². The third-order valence-electron chi connectivity index (χ3n) is 3.56. The highest BCUT2D eigenvalue weighted by molar-refractivity contribution is 7.99. The highest BCUT2D eigenvalue weighted by Gasteiger charge is 2.22. The van der Waals surface area contributed by atoms with Crippen LogP contribution in [0.4, 0.5) is 4.39 Å². The van der Waals surface area contributed by atoms with Crippen molar-refractivity contribution in [3.8, 4) is 0 Å². The second-order valence-corrected chi connectivity index (χ2v) is 6.34. The monoisotopic (exact) mass is 298 g/mol. The van der Waals surface area contributed by atoms with Crippen molar-refractivity contribution < 1.29 is 4.39 Å². The van der Waals surface area contributed by atoms with Gasteiger partial charge in [0.1, 0.15) is 11.3 Å². The average molecular weight is 299 g/mol. The second kappa shape index (κ2) is 5.71. The molecule has 2 nitrogen and oxygen atoms in total. The van der Waals surface area contributed by atoms with Crippen molar-refractivity contribution >= 4 is 34.4 Å². The maximum absolute atomic E-state index is 13.9. The molecule has 0 radical (unpaired) electrons. The molecule has 1 saturated heterocycles. The molecule has 0 spiro atoms. The number of benzene rings is 1. The van der Waals surface area contributed by atoms with Gasteiger partial charge < -0.3 is 4.57 Å². The highest BCUT2D eigenvalue weighted by atomic mass is 35.5. The number of halogens is 2. The van der Waals surface area contributed by atoms with E-state index in [9.17, 15) is 4.39 Å². The van der Waals surface area contributed by atoms with Crippen LogP contribution < -0.4 is 0 Å². The third-order valence-corrected chi connectivity index (χ3v) is 4.95. The van der Waals surface area contributed by atoms with Gasteiger partial charge in [-0.05, 0) is 30.7 Å². The smallest absolute Gasteiger partial charge is 0.151 e. The predicted molar refractivity (Wildman–Crippen MR) is 79.7 cm³/mol. The minimum absolute atomic E-state index is 0.240. The number of nitrogens with zero attached hydrogens (tertiary/aromatic N) is 2. The molecule has 1 fully saturated rings. The molecule has 2 aromatic rings. The van der Waals surface area contributed by atoms with Crippen LogP contribution in [0.2, 0.25) is 0 Å². The van der Waals surface area contributed by atoms with E-state index in [-0.39, 0.29) is 5.82 Å². The van der Waals surface area contributed by atoms with Crippen LogP contribution in [0.15, 0.2) is 18.2 Å². The Hall–Kier alpha value is -0.740. The Labute approximate surface area is 121 Å². The number of para-hydroxylation sites is 1. The van der Waals surface area contributed by atoms with E-state index in [1.807, 2.05) is 17.8 Å². The van der Waals surface area contributed by atoms with Gasteiger partial charge in [-0.1, -0.05) is 6.07 Å². The molecule has 0 amide bonds. The number of imidazole rings is 1. The summed E-state index contributed by atoms with van der Waals surface area (Å²) in [7, 11) is 0. The molecule has 1 aromatic heterocycles. The Morgan fingerprint density at radius 2 is 2.37 bits per heavy atom. The van der Waals surface area contributed by atoms with Gasteiger partial charge in [0.25, 0.3) is 0 Å². The summed E-state index contributed by atoms with van der Waals surface area (Å²) in [4.78, 5) is 4.47. The van der Waals surface area contributed by atoms with Gasteiger partial charge in [0, 0.05) is 24.1 Å². The first-order valence-corrected chi connectivity index (χ1v) is 8.29. The van der Waals surface area contributed by atoms with E-state index in [2.05, 4.69) is 9.55 Å². The lowest BCUT2D eigenvalue weighted by Gasteiger charge is -2.25. The topological polar surface area (TPSA) is 17.8 Å². The SMILES string of the molecule is Fc1cccc2c1nc(CCCl)n2C1CCCSC1. The first kappa shape index (κ1) is 13.3. The minimum atomic E-state index is -0.240. The molecule has 1 aliphatic heterocycles. The molecule has 1 aliphatic rings. The van der Waals surface area contributed by atoms with Gasteiger partial charge in [-0.25, -0.2) is 9.37 Å². The summed E-state index contributed by atoms with van der Waals surface area (Å²) in [6.07, 6.45) is 3.05. The first-order chi connectivity index (χ1) is 9.31. The normalized spacial score (nSPS) is 20.0. The molecule has 3 rings (SSSR count). The summed E-state index contributed by atoms with van der Waals surface area (Å²) in [5.41, 5.74) is 1.39. The average Bonchev–Trinajstić information content (AvgIpc) is 2.80. The second-order valence-electron chi connectivity index (χ2n) is 4.82. The van der Waals surface area contributed by atoms with Gasteiger partial charge in [-0.15, -0.1) is 11.6 Å². The van der Waals surface area contributed by atoms with Gasteiger partial charge in [0.2, 0.25) is 0 Å².